The molecule has 15 heavy (non-hydrogen) atoms. The number of carboxylic acids is 1. The lowest BCUT2D eigenvalue weighted by Gasteiger charge is -2.30. The van der Waals surface area contributed by atoms with Gasteiger partial charge < -0.3 is 14.6 Å². The maximum atomic E-state index is 10.9. The van der Waals surface area contributed by atoms with Crippen LogP contribution in [0.3, 0.4) is 0 Å². The van der Waals surface area contributed by atoms with Crippen LogP contribution in [0.15, 0.2) is 12.5 Å². The second-order valence-corrected chi connectivity index (χ2v) is 4.05. The van der Waals surface area contributed by atoms with E-state index in [4.69, 9.17) is 5.11 Å². The molecule has 5 nitrogen and oxygen atoms in total. The minimum Gasteiger partial charge on any atom is -0.477 e. The average Bonchev–Trinajstić information content (AvgIpc) is 2.65. The number of imidazole rings is 1. The molecule has 0 aliphatic carbocycles. The largest absolute Gasteiger partial charge is 0.477 e. The summed E-state index contributed by atoms with van der Waals surface area (Å²) in [6.07, 6.45) is 5.17. The normalized spacial score (nSPS) is 22.9. The SMILES string of the molecule is CN1CCCC(n2cncc2C(=O)O)C1. The zero-order chi connectivity index (χ0) is 10.8. The molecule has 0 amide bonds. The number of hydrogen-bond donors (Lipinski definition) is 1. The summed E-state index contributed by atoms with van der Waals surface area (Å²) < 4.78 is 1.78. The molecule has 1 fully saturated rings. The van der Waals surface area contributed by atoms with Crippen molar-refractivity contribution in [3.63, 3.8) is 0 Å². The van der Waals surface area contributed by atoms with Crippen LogP contribution in [0.2, 0.25) is 0 Å². The van der Waals surface area contributed by atoms with Gasteiger partial charge in [-0.3, -0.25) is 0 Å². The van der Waals surface area contributed by atoms with Gasteiger partial charge in [-0.2, -0.15) is 0 Å². The second kappa shape index (κ2) is 4.02. The predicted molar refractivity (Wildman–Crippen MR) is 55.0 cm³/mol. The fourth-order valence-corrected chi connectivity index (χ4v) is 2.13. The fourth-order valence-electron chi connectivity index (χ4n) is 2.13. The lowest BCUT2D eigenvalue weighted by molar-refractivity contribution is 0.0678. The zero-order valence-electron chi connectivity index (χ0n) is 8.76. The first-order chi connectivity index (χ1) is 7.18. The van der Waals surface area contributed by atoms with Crippen molar-refractivity contribution in [1.82, 2.24) is 14.5 Å². The van der Waals surface area contributed by atoms with E-state index < -0.39 is 5.97 Å². The molecule has 5 heteroatoms. The lowest BCUT2D eigenvalue weighted by Crippen LogP contribution is -2.34. The Balaban J connectivity index is 2.21. The van der Waals surface area contributed by atoms with E-state index in [-0.39, 0.29) is 11.7 Å². The summed E-state index contributed by atoms with van der Waals surface area (Å²) in [5.74, 6) is -0.902. The molecule has 1 aromatic rings. The van der Waals surface area contributed by atoms with E-state index >= 15 is 0 Å². The van der Waals surface area contributed by atoms with Crippen LogP contribution < -0.4 is 0 Å². The number of likely N-dealkylation sites (N-methyl/N-ethyl adjacent to an activating group) is 1. The Morgan fingerprint density at radius 3 is 3.13 bits per heavy atom. The monoisotopic (exact) mass is 209 g/mol. The quantitative estimate of drug-likeness (QED) is 0.784. The highest BCUT2D eigenvalue weighted by atomic mass is 16.4. The minimum absolute atomic E-state index is 0.248. The molecule has 1 atom stereocenters. The van der Waals surface area contributed by atoms with Crippen molar-refractivity contribution >= 4 is 5.97 Å². The first kappa shape index (κ1) is 10.2. The van der Waals surface area contributed by atoms with Crippen LogP contribution in [-0.2, 0) is 0 Å². The van der Waals surface area contributed by atoms with Gasteiger partial charge in [0.1, 0.15) is 5.69 Å². The van der Waals surface area contributed by atoms with Crippen LogP contribution in [0.1, 0.15) is 29.4 Å². The van der Waals surface area contributed by atoms with Crippen molar-refractivity contribution in [3.8, 4) is 0 Å². The first-order valence-electron chi connectivity index (χ1n) is 5.12. The first-order valence-corrected chi connectivity index (χ1v) is 5.12. The van der Waals surface area contributed by atoms with E-state index in [9.17, 15) is 4.79 Å². The van der Waals surface area contributed by atoms with E-state index in [1.165, 1.54) is 6.20 Å². The summed E-state index contributed by atoms with van der Waals surface area (Å²) in [6.45, 7) is 1.99. The maximum absolute atomic E-state index is 10.9. The van der Waals surface area contributed by atoms with Crippen LogP contribution in [0, 0.1) is 0 Å². The van der Waals surface area contributed by atoms with Crippen LogP contribution in [0.25, 0.3) is 0 Å². The Morgan fingerprint density at radius 1 is 1.67 bits per heavy atom. The Morgan fingerprint density at radius 2 is 2.47 bits per heavy atom. The van der Waals surface area contributed by atoms with E-state index in [0.717, 1.165) is 25.9 Å². The van der Waals surface area contributed by atoms with Crippen molar-refractivity contribution in [1.29, 1.82) is 0 Å². The molecule has 0 saturated carbocycles. The van der Waals surface area contributed by atoms with Crippen LogP contribution in [0.4, 0.5) is 0 Å². The number of aromatic carboxylic acids is 1. The molecule has 1 aromatic heterocycles. The van der Waals surface area contributed by atoms with Crippen molar-refractivity contribution in [2.75, 3.05) is 20.1 Å². The van der Waals surface area contributed by atoms with Gasteiger partial charge in [-0.15, -0.1) is 0 Å². The highest BCUT2D eigenvalue weighted by Gasteiger charge is 2.22. The number of hydrogen-bond acceptors (Lipinski definition) is 3. The summed E-state index contributed by atoms with van der Waals surface area (Å²) >= 11 is 0. The molecule has 2 rings (SSSR count). The molecule has 0 radical (unpaired) electrons. The zero-order valence-corrected chi connectivity index (χ0v) is 8.76. The van der Waals surface area contributed by atoms with Gasteiger partial charge in [-0.1, -0.05) is 0 Å². The van der Waals surface area contributed by atoms with Crippen LogP contribution in [-0.4, -0.2) is 45.7 Å². The van der Waals surface area contributed by atoms with Crippen molar-refractivity contribution < 1.29 is 9.90 Å². The molecule has 2 heterocycles. The molecule has 1 unspecified atom stereocenters. The van der Waals surface area contributed by atoms with Crippen LogP contribution in [0.5, 0.6) is 0 Å². The lowest BCUT2D eigenvalue weighted by atomic mass is 10.1. The summed E-state index contributed by atoms with van der Waals surface area (Å²) in [5, 5.41) is 8.98. The number of rotatable bonds is 2. The topological polar surface area (TPSA) is 58.4 Å². The third-order valence-electron chi connectivity index (χ3n) is 2.88. The molecule has 0 spiro atoms. The van der Waals surface area contributed by atoms with Gasteiger partial charge in [0.2, 0.25) is 0 Å². The Bertz CT molecular complexity index is 361. The fraction of sp³-hybridized carbons (Fsp3) is 0.600. The van der Waals surface area contributed by atoms with Gasteiger partial charge >= 0.3 is 5.97 Å². The number of likely N-dealkylation sites (tertiary alicyclic amines) is 1. The minimum atomic E-state index is -0.902. The molecule has 0 bridgehead atoms. The number of carboxylic acid groups (broad SMARTS) is 1. The smallest absolute Gasteiger partial charge is 0.354 e. The molecular weight excluding hydrogens is 194 g/mol. The van der Waals surface area contributed by atoms with Gasteiger partial charge in [0.25, 0.3) is 0 Å². The molecule has 1 saturated heterocycles. The molecule has 0 aromatic carbocycles. The number of piperidine rings is 1. The molecule has 1 aliphatic rings. The van der Waals surface area contributed by atoms with Gasteiger partial charge in [-0.25, -0.2) is 9.78 Å². The van der Waals surface area contributed by atoms with E-state index in [2.05, 4.69) is 16.9 Å². The molecular formula is C10H15N3O2. The third-order valence-corrected chi connectivity index (χ3v) is 2.88. The Hall–Kier alpha value is -1.36. The van der Waals surface area contributed by atoms with Crippen molar-refractivity contribution in [2.45, 2.75) is 18.9 Å². The van der Waals surface area contributed by atoms with Gasteiger partial charge in [0.05, 0.1) is 12.5 Å². The molecule has 1 N–H and O–H groups in total. The Labute approximate surface area is 88.3 Å². The van der Waals surface area contributed by atoms with Crippen LogP contribution >= 0.6 is 0 Å². The average molecular weight is 209 g/mol. The summed E-state index contributed by atoms with van der Waals surface area (Å²) in [7, 11) is 2.06. The highest BCUT2D eigenvalue weighted by Crippen LogP contribution is 2.21. The van der Waals surface area contributed by atoms with Crippen molar-refractivity contribution in [2.24, 2.45) is 0 Å². The van der Waals surface area contributed by atoms with Gasteiger partial charge in [-0.05, 0) is 26.4 Å². The highest BCUT2D eigenvalue weighted by molar-refractivity contribution is 5.85. The predicted octanol–water partition coefficient (Wildman–Crippen LogP) is 0.848. The summed E-state index contributed by atoms with van der Waals surface area (Å²) in [6, 6.07) is 0.248. The Kier molecular flexibility index (Phi) is 2.73. The van der Waals surface area contributed by atoms with Crippen molar-refractivity contribution in [3.05, 3.63) is 18.2 Å². The molecule has 1 aliphatic heterocycles. The number of aromatic nitrogens is 2. The van der Waals surface area contributed by atoms with E-state index in [0.29, 0.717) is 0 Å². The van der Waals surface area contributed by atoms with E-state index in [1.807, 2.05) is 0 Å². The number of carbonyl (C=O) groups is 1. The molecule has 82 valence electrons. The van der Waals surface area contributed by atoms with Gasteiger partial charge in [0, 0.05) is 12.6 Å². The maximum Gasteiger partial charge on any atom is 0.354 e. The third kappa shape index (κ3) is 2.02. The standard InChI is InChI=1S/C10H15N3O2/c1-12-4-2-3-8(6-12)13-7-11-5-9(13)10(14)15/h5,7-8H,2-4,6H2,1H3,(H,14,15). The van der Waals surface area contributed by atoms with E-state index in [1.54, 1.807) is 10.9 Å². The number of nitrogens with zero attached hydrogens (tertiary/aromatic N) is 3. The van der Waals surface area contributed by atoms with Gasteiger partial charge in [0.15, 0.2) is 0 Å². The second-order valence-electron chi connectivity index (χ2n) is 4.05. The summed E-state index contributed by atoms with van der Waals surface area (Å²) in [5.41, 5.74) is 0.287. The summed E-state index contributed by atoms with van der Waals surface area (Å²) in [4.78, 5) is 17.1.